The highest BCUT2D eigenvalue weighted by Gasteiger charge is 2.26. The normalized spacial score (nSPS) is 14.4. The Labute approximate surface area is 97.7 Å². The number of carbonyl (C=O) groups is 2. The van der Waals surface area contributed by atoms with Crippen molar-refractivity contribution in [1.29, 1.82) is 0 Å². The van der Waals surface area contributed by atoms with Gasteiger partial charge in [0.2, 0.25) is 5.91 Å². The second-order valence-corrected chi connectivity index (χ2v) is 4.55. The molecular weight excluding hydrogens is 206 g/mol. The van der Waals surface area contributed by atoms with Crippen molar-refractivity contribution < 1.29 is 14.3 Å². The number of hydrogen-bond donors (Lipinski definition) is 1. The molecule has 2 atom stereocenters. The third-order valence-electron chi connectivity index (χ3n) is 2.58. The van der Waals surface area contributed by atoms with Gasteiger partial charge in [0.15, 0.2) is 0 Å². The van der Waals surface area contributed by atoms with Gasteiger partial charge in [0.05, 0.1) is 7.11 Å². The van der Waals surface area contributed by atoms with Crippen LogP contribution in [0.25, 0.3) is 0 Å². The minimum atomic E-state index is -0.527. The Balaban J connectivity index is 4.43. The average Bonchev–Trinajstić information content (AvgIpc) is 2.22. The van der Waals surface area contributed by atoms with Gasteiger partial charge in [0, 0.05) is 6.42 Å². The molecular formula is C12H23NO3. The van der Waals surface area contributed by atoms with Crippen molar-refractivity contribution in [2.75, 3.05) is 7.11 Å². The van der Waals surface area contributed by atoms with Crippen LogP contribution in [0.2, 0.25) is 0 Å². The van der Waals surface area contributed by atoms with Crippen LogP contribution in [0, 0.1) is 11.8 Å². The first-order valence-electron chi connectivity index (χ1n) is 5.79. The lowest BCUT2D eigenvalue weighted by atomic mass is 9.98. The summed E-state index contributed by atoms with van der Waals surface area (Å²) >= 11 is 0. The highest BCUT2D eigenvalue weighted by molar-refractivity contribution is 5.84. The van der Waals surface area contributed by atoms with E-state index in [2.05, 4.69) is 10.1 Å². The summed E-state index contributed by atoms with van der Waals surface area (Å²) in [7, 11) is 1.34. The summed E-state index contributed by atoms with van der Waals surface area (Å²) in [6.45, 7) is 7.85. The van der Waals surface area contributed by atoms with Gasteiger partial charge >= 0.3 is 5.97 Å². The Bertz CT molecular complexity index is 238. The molecule has 0 aliphatic rings. The lowest BCUT2D eigenvalue weighted by Gasteiger charge is -2.22. The van der Waals surface area contributed by atoms with Crippen molar-refractivity contribution in [3.63, 3.8) is 0 Å². The van der Waals surface area contributed by atoms with Crippen molar-refractivity contribution in [2.24, 2.45) is 11.8 Å². The van der Waals surface area contributed by atoms with Gasteiger partial charge in [-0.1, -0.05) is 34.1 Å². The Morgan fingerprint density at radius 1 is 1.25 bits per heavy atom. The van der Waals surface area contributed by atoms with Gasteiger partial charge in [-0.25, -0.2) is 4.79 Å². The average molecular weight is 229 g/mol. The van der Waals surface area contributed by atoms with Crippen LogP contribution in [0.4, 0.5) is 0 Å². The molecule has 16 heavy (non-hydrogen) atoms. The Hall–Kier alpha value is -1.06. The van der Waals surface area contributed by atoms with Crippen LogP contribution in [0.1, 0.15) is 40.5 Å². The molecule has 0 aromatic heterocycles. The second kappa shape index (κ2) is 7.25. The van der Waals surface area contributed by atoms with Gasteiger partial charge in [0.1, 0.15) is 6.04 Å². The molecule has 94 valence electrons. The number of ether oxygens (including phenoxy) is 1. The summed E-state index contributed by atoms with van der Waals surface area (Å²) in [5.41, 5.74) is 0. The van der Waals surface area contributed by atoms with Crippen LogP contribution < -0.4 is 5.32 Å². The molecule has 0 aliphatic carbocycles. The molecule has 0 bridgehead atoms. The zero-order valence-corrected chi connectivity index (χ0v) is 10.9. The van der Waals surface area contributed by atoms with E-state index in [0.29, 0.717) is 6.42 Å². The largest absolute Gasteiger partial charge is 0.467 e. The summed E-state index contributed by atoms with van der Waals surface area (Å²) in [6.07, 6.45) is 1.26. The van der Waals surface area contributed by atoms with Crippen LogP contribution >= 0.6 is 0 Å². The molecule has 0 aromatic rings. The van der Waals surface area contributed by atoms with E-state index in [-0.39, 0.29) is 23.7 Å². The number of methoxy groups -OCH3 is 1. The standard InChI is InChI=1S/C12H23NO3/c1-6-9(4)11(12(15)16-5)13-10(14)7-8(2)3/h8-9,11H,6-7H2,1-5H3,(H,13,14). The molecule has 0 fully saturated rings. The van der Waals surface area contributed by atoms with Crippen LogP contribution in [0.5, 0.6) is 0 Å². The minimum absolute atomic E-state index is 0.0866. The van der Waals surface area contributed by atoms with Gasteiger partial charge in [-0.2, -0.15) is 0 Å². The minimum Gasteiger partial charge on any atom is -0.467 e. The van der Waals surface area contributed by atoms with E-state index >= 15 is 0 Å². The van der Waals surface area contributed by atoms with Crippen LogP contribution in [-0.4, -0.2) is 25.0 Å². The van der Waals surface area contributed by atoms with Gasteiger partial charge in [-0.15, -0.1) is 0 Å². The Morgan fingerprint density at radius 3 is 2.19 bits per heavy atom. The van der Waals surface area contributed by atoms with Gasteiger partial charge in [-0.05, 0) is 11.8 Å². The molecule has 4 nitrogen and oxygen atoms in total. The van der Waals surface area contributed by atoms with E-state index in [1.165, 1.54) is 7.11 Å². The lowest BCUT2D eigenvalue weighted by molar-refractivity contribution is -0.146. The maximum absolute atomic E-state index is 11.6. The maximum Gasteiger partial charge on any atom is 0.328 e. The van der Waals surface area contributed by atoms with Crippen LogP contribution in [0.15, 0.2) is 0 Å². The third-order valence-corrected chi connectivity index (χ3v) is 2.58. The smallest absolute Gasteiger partial charge is 0.328 e. The monoisotopic (exact) mass is 229 g/mol. The van der Waals surface area contributed by atoms with E-state index < -0.39 is 6.04 Å². The number of nitrogens with one attached hydrogen (secondary N) is 1. The van der Waals surface area contributed by atoms with Crippen LogP contribution in [-0.2, 0) is 14.3 Å². The third kappa shape index (κ3) is 5.14. The molecule has 0 spiro atoms. The van der Waals surface area contributed by atoms with E-state index in [1.54, 1.807) is 0 Å². The van der Waals surface area contributed by atoms with E-state index in [0.717, 1.165) is 6.42 Å². The fourth-order valence-corrected chi connectivity index (χ4v) is 1.40. The summed E-state index contributed by atoms with van der Waals surface area (Å²) < 4.78 is 4.69. The number of rotatable bonds is 6. The molecule has 2 unspecified atom stereocenters. The number of esters is 1. The molecule has 0 aliphatic heterocycles. The molecule has 0 saturated carbocycles. The highest BCUT2D eigenvalue weighted by atomic mass is 16.5. The number of carbonyl (C=O) groups excluding carboxylic acids is 2. The first-order valence-corrected chi connectivity index (χ1v) is 5.79. The predicted octanol–water partition coefficient (Wildman–Crippen LogP) is 1.74. The maximum atomic E-state index is 11.6. The highest BCUT2D eigenvalue weighted by Crippen LogP contribution is 2.10. The van der Waals surface area contributed by atoms with Gasteiger partial charge in [-0.3, -0.25) is 4.79 Å². The number of hydrogen-bond acceptors (Lipinski definition) is 3. The van der Waals surface area contributed by atoms with E-state index in [4.69, 9.17) is 0 Å². The topological polar surface area (TPSA) is 55.4 Å². The first kappa shape index (κ1) is 14.9. The molecule has 0 saturated heterocycles. The zero-order chi connectivity index (χ0) is 12.7. The summed E-state index contributed by atoms with van der Waals surface area (Å²) in [4.78, 5) is 23.1. The molecule has 1 N–H and O–H groups in total. The van der Waals surface area contributed by atoms with E-state index in [9.17, 15) is 9.59 Å². The molecule has 0 radical (unpaired) electrons. The Morgan fingerprint density at radius 2 is 1.81 bits per heavy atom. The van der Waals surface area contributed by atoms with Crippen molar-refractivity contribution in [1.82, 2.24) is 5.32 Å². The molecule has 0 heterocycles. The quantitative estimate of drug-likeness (QED) is 0.706. The van der Waals surface area contributed by atoms with Crippen LogP contribution in [0.3, 0.4) is 0 Å². The number of amides is 1. The van der Waals surface area contributed by atoms with Crippen molar-refractivity contribution in [3.8, 4) is 0 Å². The fourth-order valence-electron chi connectivity index (χ4n) is 1.40. The Kier molecular flexibility index (Phi) is 6.77. The fraction of sp³-hybridized carbons (Fsp3) is 0.833. The second-order valence-electron chi connectivity index (χ2n) is 4.55. The van der Waals surface area contributed by atoms with E-state index in [1.807, 2.05) is 27.7 Å². The summed E-state index contributed by atoms with van der Waals surface area (Å²) in [5.74, 6) is -0.0871. The molecule has 4 heteroatoms. The van der Waals surface area contributed by atoms with Crippen molar-refractivity contribution >= 4 is 11.9 Å². The predicted molar refractivity (Wildman–Crippen MR) is 62.9 cm³/mol. The SMILES string of the molecule is CCC(C)C(NC(=O)CC(C)C)C(=O)OC. The van der Waals surface area contributed by atoms with Gasteiger partial charge < -0.3 is 10.1 Å². The van der Waals surface area contributed by atoms with Gasteiger partial charge in [0.25, 0.3) is 0 Å². The summed E-state index contributed by atoms with van der Waals surface area (Å²) in [6, 6.07) is -0.527. The zero-order valence-electron chi connectivity index (χ0n) is 10.9. The van der Waals surface area contributed by atoms with Crippen molar-refractivity contribution in [3.05, 3.63) is 0 Å². The van der Waals surface area contributed by atoms with Crippen molar-refractivity contribution in [2.45, 2.75) is 46.6 Å². The summed E-state index contributed by atoms with van der Waals surface area (Å²) in [5, 5.41) is 2.74. The first-order chi connectivity index (χ1) is 7.42. The lowest BCUT2D eigenvalue weighted by Crippen LogP contribution is -2.45. The molecule has 1 amide bonds. The molecule has 0 aromatic carbocycles. The molecule has 0 rings (SSSR count).